The number of nitrogens with one attached hydrogen (secondary N) is 1. The lowest BCUT2D eigenvalue weighted by molar-refractivity contribution is 0.0504. The molecule has 0 saturated carbocycles. The van der Waals surface area contributed by atoms with Gasteiger partial charge in [-0.15, -0.1) is 0 Å². The van der Waals surface area contributed by atoms with Gasteiger partial charge in [-0.25, -0.2) is 13.6 Å². The molecule has 0 aliphatic heterocycles. The maximum atomic E-state index is 13.6. The van der Waals surface area contributed by atoms with Crippen molar-refractivity contribution in [2.75, 3.05) is 6.54 Å². The van der Waals surface area contributed by atoms with E-state index in [9.17, 15) is 13.6 Å². The first-order valence-electron chi connectivity index (χ1n) is 5.87. The molecule has 6 heteroatoms. The van der Waals surface area contributed by atoms with Gasteiger partial charge in [-0.2, -0.15) is 0 Å². The number of alkyl carbamates (subject to hydrolysis) is 1. The molecular weight excluding hydrogens is 254 g/mol. The van der Waals surface area contributed by atoms with Gasteiger partial charge in [0.1, 0.15) is 17.2 Å². The Morgan fingerprint density at radius 3 is 2.53 bits per heavy atom. The lowest BCUT2D eigenvalue weighted by Crippen LogP contribution is -2.38. The summed E-state index contributed by atoms with van der Waals surface area (Å²) in [7, 11) is 0. The number of nitrogens with two attached hydrogens (primary N) is 1. The van der Waals surface area contributed by atoms with E-state index in [1.54, 1.807) is 20.8 Å². The van der Waals surface area contributed by atoms with Crippen LogP contribution in [0.15, 0.2) is 18.2 Å². The summed E-state index contributed by atoms with van der Waals surface area (Å²) >= 11 is 0. The second-order valence-electron chi connectivity index (χ2n) is 5.10. The van der Waals surface area contributed by atoms with E-state index in [-0.39, 0.29) is 12.1 Å². The van der Waals surface area contributed by atoms with E-state index in [4.69, 9.17) is 10.5 Å². The van der Waals surface area contributed by atoms with Crippen molar-refractivity contribution >= 4 is 6.09 Å². The highest BCUT2D eigenvalue weighted by atomic mass is 19.1. The molecule has 0 radical (unpaired) electrons. The van der Waals surface area contributed by atoms with Crippen molar-refractivity contribution in [3.63, 3.8) is 0 Å². The third-order valence-corrected chi connectivity index (χ3v) is 2.26. The molecule has 4 nitrogen and oxygen atoms in total. The SMILES string of the molecule is CC(C)(C)OC(=O)NC(CN)c1ccc(F)cc1F. The minimum absolute atomic E-state index is 0.0260. The number of halogens is 2. The highest BCUT2D eigenvalue weighted by molar-refractivity contribution is 5.68. The fourth-order valence-electron chi connectivity index (χ4n) is 1.50. The highest BCUT2D eigenvalue weighted by Crippen LogP contribution is 2.18. The van der Waals surface area contributed by atoms with E-state index in [0.717, 1.165) is 12.1 Å². The Labute approximate surface area is 110 Å². The van der Waals surface area contributed by atoms with Crippen LogP contribution in [-0.2, 0) is 4.74 Å². The van der Waals surface area contributed by atoms with Gasteiger partial charge in [0, 0.05) is 18.2 Å². The Morgan fingerprint density at radius 2 is 2.05 bits per heavy atom. The molecule has 1 aromatic carbocycles. The van der Waals surface area contributed by atoms with Gasteiger partial charge in [0.05, 0.1) is 6.04 Å². The Hall–Kier alpha value is -1.69. The van der Waals surface area contributed by atoms with Crippen LogP contribution >= 0.6 is 0 Å². The van der Waals surface area contributed by atoms with Gasteiger partial charge in [-0.05, 0) is 26.8 Å². The van der Waals surface area contributed by atoms with E-state index < -0.39 is 29.4 Å². The average molecular weight is 272 g/mol. The number of ether oxygens (including phenoxy) is 1. The number of hydrogen-bond donors (Lipinski definition) is 2. The lowest BCUT2D eigenvalue weighted by atomic mass is 10.1. The zero-order valence-corrected chi connectivity index (χ0v) is 11.2. The third kappa shape index (κ3) is 4.82. The molecule has 1 aromatic rings. The Bertz CT molecular complexity index is 458. The fraction of sp³-hybridized carbons (Fsp3) is 0.462. The van der Waals surface area contributed by atoms with Gasteiger partial charge in [0.25, 0.3) is 0 Å². The van der Waals surface area contributed by atoms with Gasteiger partial charge in [0.15, 0.2) is 0 Å². The van der Waals surface area contributed by atoms with Crippen LogP contribution in [0.4, 0.5) is 13.6 Å². The van der Waals surface area contributed by atoms with E-state index in [0.29, 0.717) is 0 Å². The van der Waals surface area contributed by atoms with Gasteiger partial charge in [0.2, 0.25) is 0 Å². The van der Waals surface area contributed by atoms with Crippen LogP contribution in [-0.4, -0.2) is 18.2 Å². The molecule has 3 N–H and O–H groups in total. The topological polar surface area (TPSA) is 64.3 Å². The largest absolute Gasteiger partial charge is 0.444 e. The van der Waals surface area contributed by atoms with Gasteiger partial charge >= 0.3 is 6.09 Å². The van der Waals surface area contributed by atoms with Crippen molar-refractivity contribution in [3.8, 4) is 0 Å². The Balaban J connectivity index is 2.81. The van der Waals surface area contributed by atoms with Crippen LogP contribution in [0.2, 0.25) is 0 Å². The lowest BCUT2D eigenvalue weighted by Gasteiger charge is -2.23. The summed E-state index contributed by atoms with van der Waals surface area (Å²) in [5, 5.41) is 2.45. The number of amides is 1. The van der Waals surface area contributed by atoms with Crippen molar-refractivity contribution in [3.05, 3.63) is 35.4 Å². The molecule has 1 rings (SSSR count). The van der Waals surface area contributed by atoms with E-state index in [2.05, 4.69) is 5.32 Å². The molecule has 0 fully saturated rings. The van der Waals surface area contributed by atoms with Gasteiger partial charge in [-0.3, -0.25) is 0 Å². The number of hydrogen-bond acceptors (Lipinski definition) is 3. The molecule has 0 aromatic heterocycles. The van der Waals surface area contributed by atoms with Crippen molar-refractivity contribution in [1.29, 1.82) is 0 Å². The number of benzene rings is 1. The molecule has 106 valence electrons. The maximum Gasteiger partial charge on any atom is 0.408 e. The smallest absolute Gasteiger partial charge is 0.408 e. The zero-order valence-electron chi connectivity index (χ0n) is 11.2. The Morgan fingerprint density at radius 1 is 1.42 bits per heavy atom. The summed E-state index contributed by atoms with van der Waals surface area (Å²) in [4.78, 5) is 11.6. The quantitative estimate of drug-likeness (QED) is 0.888. The van der Waals surface area contributed by atoms with Crippen LogP contribution in [0, 0.1) is 11.6 Å². The van der Waals surface area contributed by atoms with Crippen LogP contribution in [0.5, 0.6) is 0 Å². The molecule has 1 unspecified atom stereocenters. The molecule has 1 amide bonds. The first-order valence-corrected chi connectivity index (χ1v) is 5.87. The number of carbonyl (C=O) groups is 1. The summed E-state index contributed by atoms with van der Waals surface area (Å²) in [5.74, 6) is -1.44. The molecular formula is C13H18F2N2O2. The van der Waals surface area contributed by atoms with E-state index in [1.165, 1.54) is 6.07 Å². The second-order valence-corrected chi connectivity index (χ2v) is 5.10. The Kier molecular flexibility index (Phi) is 4.83. The maximum absolute atomic E-state index is 13.6. The van der Waals surface area contributed by atoms with Crippen molar-refractivity contribution in [1.82, 2.24) is 5.32 Å². The van der Waals surface area contributed by atoms with Crippen molar-refractivity contribution in [2.24, 2.45) is 5.73 Å². The van der Waals surface area contributed by atoms with Crippen molar-refractivity contribution < 1.29 is 18.3 Å². The minimum atomic E-state index is -0.768. The molecule has 0 aliphatic rings. The summed E-state index contributed by atoms with van der Waals surface area (Å²) < 4.78 is 31.5. The molecule has 1 atom stereocenters. The van der Waals surface area contributed by atoms with Gasteiger partial charge < -0.3 is 15.8 Å². The van der Waals surface area contributed by atoms with Crippen LogP contribution < -0.4 is 11.1 Å². The summed E-state index contributed by atoms with van der Waals surface area (Å²) in [6.07, 6.45) is -0.702. The minimum Gasteiger partial charge on any atom is -0.444 e. The predicted molar refractivity (Wildman–Crippen MR) is 67.5 cm³/mol. The van der Waals surface area contributed by atoms with E-state index >= 15 is 0 Å². The fourth-order valence-corrected chi connectivity index (χ4v) is 1.50. The van der Waals surface area contributed by atoms with Crippen molar-refractivity contribution in [2.45, 2.75) is 32.4 Å². The zero-order chi connectivity index (χ0) is 14.6. The second kappa shape index (κ2) is 5.97. The highest BCUT2D eigenvalue weighted by Gasteiger charge is 2.21. The monoisotopic (exact) mass is 272 g/mol. The molecule has 0 aliphatic carbocycles. The average Bonchev–Trinajstić information content (AvgIpc) is 2.24. The summed E-state index contributed by atoms with van der Waals surface area (Å²) in [6.45, 7) is 5.11. The summed E-state index contributed by atoms with van der Waals surface area (Å²) in [6, 6.07) is 2.34. The molecule has 0 bridgehead atoms. The summed E-state index contributed by atoms with van der Waals surface area (Å²) in [5.41, 5.74) is 4.95. The van der Waals surface area contributed by atoms with Crippen LogP contribution in [0.1, 0.15) is 32.4 Å². The first kappa shape index (κ1) is 15.4. The number of carbonyl (C=O) groups excluding carboxylic acids is 1. The normalized spacial score (nSPS) is 12.9. The van der Waals surface area contributed by atoms with Gasteiger partial charge in [-0.1, -0.05) is 6.07 Å². The standard InChI is InChI=1S/C13H18F2N2O2/c1-13(2,3)19-12(18)17-11(7-16)9-5-4-8(14)6-10(9)15/h4-6,11H,7,16H2,1-3H3,(H,17,18). The molecule has 0 heterocycles. The van der Waals surface area contributed by atoms with E-state index in [1.807, 2.05) is 0 Å². The number of rotatable bonds is 3. The predicted octanol–water partition coefficient (Wildman–Crippen LogP) is 2.49. The third-order valence-electron chi connectivity index (χ3n) is 2.26. The molecule has 0 spiro atoms. The van der Waals surface area contributed by atoms with Crippen LogP contribution in [0.25, 0.3) is 0 Å². The molecule has 0 saturated heterocycles. The molecule has 19 heavy (non-hydrogen) atoms. The first-order chi connectivity index (χ1) is 8.73. The van der Waals surface area contributed by atoms with Crippen LogP contribution in [0.3, 0.4) is 0 Å².